The topological polar surface area (TPSA) is 293 Å². The smallest absolute Gasteiger partial charge is 0.456 e. The second-order valence-electron chi connectivity index (χ2n) is 15.2. The first-order valence-electron chi connectivity index (χ1n) is 19.5. The Morgan fingerprint density at radius 1 is 0.984 bits per heavy atom. The van der Waals surface area contributed by atoms with Crippen LogP contribution in [-0.4, -0.2) is 93.7 Å². The van der Waals surface area contributed by atoms with E-state index in [1.807, 2.05) is 81.0 Å². The number of aliphatic hydroxyl groups excluding tert-OH is 1. The lowest BCUT2D eigenvalue weighted by Gasteiger charge is -2.19. The summed E-state index contributed by atoms with van der Waals surface area (Å²) in [6.07, 6.45) is -1.82. The van der Waals surface area contributed by atoms with Crippen LogP contribution >= 0.6 is 23.5 Å². The van der Waals surface area contributed by atoms with Gasteiger partial charge in [-0.05, 0) is 61.2 Å². The molecule has 0 spiro atoms. The first-order valence-corrected chi connectivity index (χ1v) is 24.1. The van der Waals surface area contributed by atoms with E-state index in [1.54, 1.807) is 6.07 Å². The van der Waals surface area contributed by atoms with Gasteiger partial charge in [-0.25, -0.2) is 23.1 Å². The van der Waals surface area contributed by atoms with Gasteiger partial charge in [0.15, 0.2) is 6.23 Å². The summed E-state index contributed by atoms with van der Waals surface area (Å²) in [7, 11) is -8.92. The normalized spacial score (nSPS) is 18.2. The Morgan fingerprint density at radius 2 is 1.72 bits per heavy atom. The van der Waals surface area contributed by atoms with Gasteiger partial charge in [0.1, 0.15) is 37.1 Å². The van der Waals surface area contributed by atoms with Crippen LogP contribution in [0.5, 0.6) is 0 Å². The summed E-state index contributed by atoms with van der Waals surface area (Å²) >= 11 is 0. The number of aromatic amines is 1. The zero-order chi connectivity index (χ0) is 46.7. The SMILES string of the molecule is Cc1cc(C(=O)NCCCCC#Cc2cn(C3OC(COP(=O)(O)OP(=O)(O)OP(=O)(O)O)CC3O)c(=O)[nH]c2=O)ccc1-c1c2ccc(=[N+](C)C)cc-2oc2cc(N(C)C)ccc12. The van der Waals surface area contributed by atoms with Crippen LogP contribution in [0.4, 0.5) is 5.69 Å². The van der Waals surface area contributed by atoms with E-state index in [0.29, 0.717) is 31.4 Å². The molecular formula is C40H47N5O16P3+. The Bertz CT molecular complexity index is 2960. The molecule has 342 valence electrons. The summed E-state index contributed by atoms with van der Waals surface area (Å²) < 4.78 is 61.2. The maximum atomic E-state index is 13.2. The summed E-state index contributed by atoms with van der Waals surface area (Å²) in [6.45, 7) is 1.47. The zero-order valence-corrected chi connectivity index (χ0v) is 37.8. The molecule has 5 atom stereocenters. The Hall–Kier alpha value is -5.03. The fourth-order valence-electron chi connectivity index (χ4n) is 6.93. The minimum absolute atomic E-state index is 0.137. The van der Waals surface area contributed by atoms with Crippen molar-refractivity contribution >= 4 is 46.0 Å². The molecule has 1 saturated heterocycles. The lowest BCUT2D eigenvalue weighted by atomic mass is 9.90. The number of aliphatic hydroxyl groups is 1. The molecule has 3 aromatic rings. The molecule has 2 aromatic carbocycles. The first kappa shape index (κ1) is 48.4. The number of anilines is 1. The van der Waals surface area contributed by atoms with Crippen LogP contribution in [0.3, 0.4) is 0 Å². The molecule has 0 bridgehead atoms. The maximum Gasteiger partial charge on any atom is 0.490 e. The van der Waals surface area contributed by atoms with Crippen molar-refractivity contribution in [3.05, 3.63) is 104 Å². The second-order valence-corrected chi connectivity index (χ2v) is 19.6. The number of benzene rings is 3. The molecule has 6 rings (SSSR count). The number of rotatable bonds is 15. The first-order chi connectivity index (χ1) is 30.0. The van der Waals surface area contributed by atoms with Crippen LogP contribution in [-0.2, 0) is 31.6 Å². The number of carbonyl (C=O) groups is 1. The van der Waals surface area contributed by atoms with Gasteiger partial charge in [0.25, 0.3) is 11.5 Å². The standard InChI is InChI=1S/C40H46N5O16P3/c1-24-18-25(11-14-30(24)36-31-15-12-27(43(2)3)19-34(31)59-35-20-28(44(4)5)13-16-32(35)36)37(47)41-17-9-7-6-8-10-26-22-45(40(49)42-38(26)48)39-33(46)21-29(58-39)23-57-63(53,54)61-64(55,56)60-62(50,51)52/h11-16,18-20,22,29,33,39,46H,6-7,9,17,21,23H2,1-5H3,(H5-,41,42,47,48,49,50,51,52,53,54,55,56)/p+1. The van der Waals surface area contributed by atoms with Crippen molar-refractivity contribution in [2.75, 3.05) is 46.2 Å². The van der Waals surface area contributed by atoms with Gasteiger partial charge in [-0.1, -0.05) is 17.9 Å². The number of fused-ring (bicyclic) bond motifs is 2. The molecule has 0 saturated carbocycles. The Balaban J connectivity index is 1.04. The number of hydrogen-bond donors (Lipinski definition) is 7. The van der Waals surface area contributed by atoms with Gasteiger partial charge in [0.2, 0.25) is 5.36 Å². The van der Waals surface area contributed by atoms with Crippen molar-refractivity contribution < 1.29 is 65.5 Å². The predicted octanol–water partition coefficient (Wildman–Crippen LogP) is 3.40. The molecule has 3 heterocycles. The number of aryl methyl sites for hydroxylation is 1. The number of H-pyrrole nitrogens is 1. The molecule has 64 heavy (non-hydrogen) atoms. The summed E-state index contributed by atoms with van der Waals surface area (Å²) in [5.41, 5.74) is 4.15. The van der Waals surface area contributed by atoms with Crippen molar-refractivity contribution in [1.29, 1.82) is 0 Å². The highest BCUT2D eigenvalue weighted by molar-refractivity contribution is 7.66. The van der Waals surface area contributed by atoms with Crippen LogP contribution in [0.1, 0.15) is 53.4 Å². The number of aromatic nitrogens is 2. The molecule has 2 aliphatic heterocycles. The number of carbonyl (C=O) groups excluding carboxylic acids is 1. The average Bonchev–Trinajstić information content (AvgIpc) is 3.57. The fraction of sp³-hybridized carbons (Fsp3) is 0.350. The molecule has 0 radical (unpaired) electrons. The highest BCUT2D eigenvalue weighted by atomic mass is 31.3. The summed E-state index contributed by atoms with van der Waals surface area (Å²) in [6, 6.07) is 17.8. The minimum atomic E-state index is -5.75. The Morgan fingerprint density at radius 3 is 2.41 bits per heavy atom. The van der Waals surface area contributed by atoms with Crippen LogP contribution in [0.25, 0.3) is 33.4 Å². The van der Waals surface area contributed by atoms with Crippen molar-refractivity contribution in [3.63, 3.8) is 0 Å². The number of nitrogens with zero attached hydrogens (tertiary/aromatic N) is 3. The second kappa shape index (κ2) is 19.6. The largest absolute Gasteiger partial charge is 0.490 e. The lowest BCUT2D eigenvalue weighted by molar-refractivity contribution is -0.0524. The molecule has 24 heteroatoms. The Labute approximate surface area is 365 Å². The maximum absolute atomic E-state index is 13.2. The highest BCUT2D eigenvalue weighted by Crippen LogP contribution is 2.66. The number of hydrogen-bond acceptors (Lipinski definition) is 13. The summed E-state index contributed by atoms with van der Waals surface area (Å²) in [5.74, 6) is 6.03. The third kappa shape index (κ3) is 12.0. The van der Waals surface area contributed by atoms with Gasteiger partial charge in [0, 0.05) is 79.6 Å². The number of unbranched alkanes of at least 4 members (excludes halogenated alkanes) is 2. The monoisotopic (exact) mass is 946 g/mol. The molecule has 21 nitrogen and oxygen atoms in total. The van der Waals surface area contributed by atoms with E-state index in [-0.39, 0.29) is 17.9 Å². The zero-order valence-electron chi connectivity index (χ0n) is 35.2. The molecule has 1 aromatic heterocycles. The lowest BCUT2D eigenvalue weighted by Crippen LogP contribution is -2.36. The van der Waals surface area contributed by atoms with Crippen LogP contribution in [0.2, 0.25) is 0 Å². The van der Waals surface area contributed by atoms with Crippen LogP contribution in [0.15, 0.2) is 74.8 Å². The van der Waals surface area contributed by atoms with Crippen LogP contribution < -0.4 is 31.4 Å². The Kier molecular flexibility index (Phi) is 14.8. The minimum Gasteiger partial charge on any atom is -0.456 e. The predicted molar refractivity (Wildman–Crippen MR) is 233 cm³/mol. The van der Waals surface area contributed by atoms with E-state index >= 15 is 0 Å². The molecule has 1 aliphatic carbocycles. The van der Waals surface area contributed by atoms with Crippen molar-refractivity contribution in [3.8, 4) is 34.3 Å². The molecule has 3 aliphatic rings. The van der Waals surface area contributed by atoms with E-state index in [1.165, 1.54) is 0 Å². The van der Waals surface area contributed by atoms with Crippen LogP contribution in [0, 0.1) is 18.8 Å². The van der Waals surface area contributed by atoms with E-state index in [0.717, 1.165) is 60.8 Å². The molecule has 7 N–H and O–H groups in total. The van der Waals surface area contributed by atoms with Gasteiger partial charge in [-0.2, -0.15) is 8.62 Å². The van der Waals surface area contributed by atoms with Crippen molar-refractivity contribution in [2.24, 2.45) is 0 Å². The van der Waals surface area contributed by atoms with E-state index in [4.69, 9.17) is 18.9 Å². The van der Waals surface area contributed by atoms with E-state index in [2.05, 4.69) is 47.4 Å². The summed E-state index contributed by atoms with van der Waals surface area (Å²) in [4.78, 5) is 78.8. The van der Waals surface area contributed by atoms with Crippen molar-refractivity contribution in [1.82, 2.24) is 19.4 Å². The van der Waals surface area contributed by atoms with Gasteiger partial charge < -0.3 is 44.1 Å². The van der Waals surface area contributed by atoms with E-state index < -0.39 is 59.8 Å². The fourth-order valence-corrected chi connectivity index (χ4v) is 9.98. The quantitative estimate of drug-likeness (QED) is 0.0260. The number of phosphoric ester groups is 1. The number of phosphoric acid groups is 3. The summed E-state index contributed by atoms with van der Waals surface area (Å²) in [5, 5.41) is 15.5. The molecule has 1 amide bonds. The van der Waals surface area contributed by atoms with Crippen molar-refractivity contribution in [2.45, 2.75) is 51.0 Å². The molecule has 1 fully saturated rings. The number of nitrogens with one attached hydrogen (secondary N) is 2. The molecular weight excluding hydrogens is 899 g/mol. The number of ether oxygens (including phenoxy) is 1. The van der Waals surface area contributed by atoms with Gasteiger partial charge in [-0.3, -0.25) is 23.7 Å². The molecule has 5 unspecified atom stereocenters. The third-order valence-electron chi connectivity index (χ3n) is 9.96. The van der Waals surface area contributed by atoms with E-state index in [9.17, 15) is 43.0 Å². The third-order valence-corrected chi connectivity index (χ3v) is 13.8. The average molecular weight is 947 g/mol. The van der Waals surface area contributed by atoms with Gasteiger partial charge in [0.05, 0.1) is 18.8 Å². The highest BCUT2D eigenvalue weighted by Gasteiger charge is 2.43. The van der Waals surface area contributed by atoms with Gasteiger partial charge in [-0.15, -0.1) is 0 Å². The van der Waals surface area contributed by atoms with Gasteiger partial charge >= 0.3 is 29.2 Å². The number of amides is 1.